The number of likely N-dealkylation sites (tertiary alicyclic amines) is 1. The maximum atomic E-state index is 13.8. The number of hydrogen-bond acceptors (Lipinski definition) is 5. The highest BCUT2D eigenvalue weighted by atomic mass is 19.4. The van der Waals surface area contributed by atoms with Crippen molar-refractivity contribution in [3.05, 3.63) is 41.2 Å². The number of rotatable bonds is 6. The summed E-state index contributed by atoms with van der Waals surface area (Å²) in [6, 6.07) is -0.771. The third-order valence-electron chi connectivity index (χ3n) is 6.59. The van der Waals surface area contributed by atoms with E-state index in [0.29, 0.717) is 25.0 Å². The summed E-state index contributed by atoms with van der Waals surface area (Å²) in [5.41, 5.74) is -4.00. The lowest BCUT2D eigenvalue weighted by Crippen LogP contribution is -2.58. The van der Waals surface area contributed by atoms with Gasteiger partial charge in [0.1, 0.15) is 6.33 Å². The number of carbonyl (C=O) groups excluding carboxylic acids is 2. The number of aromatic nitrogens is 3. The molecule has 1 aromatic heterocycles. The number of piperidine rings is 1. The van der Waals surface area contributed by atoms with Crippen molar-refractivity contribution >= 4 is 17.9 Å². The molecule has 39 heavy (non-hydrogen) atoms. The summed E-state index contributed by atoms with van der Waals surface area (Å²) in [5, 5.41) is 4.13. The Kier molecular flexibility index (Phi) is 8.85. The number of nitrogens with zero attached hydrogens (tertiary/aromatic N) is 5. The van der Waals surface area contributed by atoms with Crippen molar-refractivity contribution in [2.75, 3.05) is 4.90 Å². The lowest BCUT2D eigenvalue weighted by molar-refractivity contribution is -0.143. The predicted octanol–water partition coefficient (Wildman–Crippen LogP) is 6.07. The summed E-state index contributed by atoms with van der Waals surface area (Å²) in [7, 11) is 1.51. The van der Waals surface area contributed by atoms with Crippen LogP contribution < -0.4 is 4.90 Å². The quantitative estimate of drug-likeness (QED) is 0.399. The van der Waals surface area contributed by atoms with Crippen molar-refractivity contribution in [1.29, 1.82) is 0 Å². The molecular formula is C25H31F6N5O3. The lowest BCUT2D eigenvalue weighted by atomic mass is 9.87. The largest absolute Gasteiger partial charge is 0.447 e. The third-order valence-corrected chi connectivity index (χ3v) is 6.59. The van der Waals surface area contributed by atoms with E-state index in [1.807, 2.05) is 13.8 Å². The van der Waals surface area contributed by atoms with E-state index >= 15 is 0 Å². The Hall–Kier alpha value is -3.32. The van der Waals surface area contributed by atoms with Crippen LogP contribution in [0.3, 0.4) is 0 Å². The zero-order valence-electron chi connectivity index (χ0n) is 22.2. The number of carbonyl (C=O) groups is 2. The lowest BCUT2D eigenvalue weighted by Gasteiger charge is -2.46. The van der Waals surface area contributed by atoms with Gasteiger partial charge in [-0.3, -0.25) is 14.4 Å². The van der Waals surface area contributed by atoms with Crippen molar-refractivity contribution in [2.24, 2.45) is 7.05 Å². The van der Waals surface area contributed by atoms with Crippen LogP contribution in [-0.4, -0.2) is 55.9 Å². The minimum Gasteiger partial charge on any atom is -0.447 e. The fourth-order valence-electron chi connectivity index (χ4n) is 4.82. The topological polar surface area (TPSA) is 80.6 Å². The van der Waals surface area contributed by atoms with Crippen molar-refractivity contribution < 1.29 is 40.7 Å². The Morgan fingerprint density at radius 3 is 1.90 bits per heavy atom. The van der Waals surface area contributed by atoms with E-state index in [1.54, 1.807) is 18.7 Å². The molecule has 0 radical (unpaired) electrons. The van der Waals surface area contributed by atoms with Crippen LogP contribution in [0.2, 0.25) is 0 Å². The predicted molar refractivity (Wildman–Crippen MR) is 129 cm³/mol. The molecule has 0 bridgehead atoms. The van der Waals surface area contributed by atoms with Crippen LogP contribution >= 0.6 is 0 Å². The normalized spacial score (nSPS) is 20.3. The van der Waals surface area contributed by atoms with Gasteiger partial charge in [-0.25, -0.2) is 9.78 Å². The van der Waals surface area contributed by atoms with Gasteiger partial charge in [0.2, 0.25) is 0 Å². The molecule has 1 saturated heterocycles. The van der Waals surface area contributed by atoms with E-state index in [4.69, 9.17) is 4.74 Å². The van der Waals surface area contributed by atoms with Crippen LogP contribution in [0.15, 0.2) is 24.5 Å². The minimum atomic E-state index is -5.12. The van der Waals surface area contributed by atoms with E-state index in [2.05, 4.69) is 10.1 Å². The Morgan fingerprint density at radius 2 is 1.51 bits per heavy atom. The Bertz CT molecular complexity index is 1130. The van der Waals surface area contributed by atoms with E-state index in [9.17, 15) is 35.9 Å². The maximum absolute atomic E-state index is 13.8. The van der Waals surface area contributed by atoms with Crippen LogP contribution in [0.1, 0.15) is 74.9 Å². The van der Waals surface area contributed by atoms with Crippen LogP contribution in [0.25, 0.3) is 0 Å². The molecule has 1 aliphatic heterocycles. The van der Waals surface area contributed by atoms with Gasteiger partial charge in [-0.15, -0.1) is 5.10 Å². The van der Waals surface area contributed by atoms with Gasteiger partial charge >= 0.3 is 18.4 Å². The molecular weight excluding hydrogens is 532 g/mol. The number of ether oxygens (including phenoxy) is 1. The standard InChI is InChI=1S/C25H31F6N5O3/c1-6-18-11-20(12-19(7-2)35(18)23(38)39-14(3)4)36(22-32-13-34(5)33-22)21(37)15-8-16(24(26,27)28)10-17(9-15)25(29,30)31/h8-10,13-14,18-20H,6-7,11-12H2,1-5H3. The molecule has 0 N–H and O–H groups in total. The summed E-state index contributed by atoms with van der Waals surface area (Å²) < 4.78 is 87.8. The van der Waals surface area contributed by atoms with Gasteiger partial charge in [0.05, 0.1) is 17.2 Å². The zero-order chi connectivity index (χ0) is 29.3. The Morgan fingerprint density at radius 1 is 1.00 bits per heavy atom. The van der Waals surface area contributed by atoms with Gasteiger partial charge in [-0.05, 0) is 57.7 Å². The number of hydrogen-bond donors (Lipinski definition) is 0. The number of amides is 2. The molecule has 2 amide bonds. The minimum absolute atomic E-state index is 0.0286. The molecule has 2 unspecified atom stereocenters. The first kappa shape index (κ1) is 30.2. The zero-order valence-corrected chi connectivity index (χ0v) is 22.2. The average molecular weight is 564 g/mol. The second-order valence-corrected chi connectivity index (χ2v) is 9.78. The first-order chi connectivity index (χ1) is 18.1. The first-order valence-corrected chi connectivity index (χ1v) is 12.5. The first-order valence-electron chi connectivity index (χ1n) is 12.5. The van der Waals surface area contributed by atoms with Gasteiger partial charge < -0.3 is 9.64 Å². The van der Waals surface area contributed by atoms with Gasteiger partial charge in [0.15, 0.2) is 0 Å². The van der Waals surface area contributed by atoms with Crippen molar-refractivity contribution in [3.63, 3.8) is 0 Å². The molecule has 0 spiro atoms. The van der Waals surface area contributed by atoms with Crippen LogP contribution in [-0.2, 0) is 24.1 Å². The summed E-state index contributed by atoms with van der Waals surface area (Å²) in [6.45, 7) is 7.10. The van der Waals surface area contributed by atoms with Gasteiger partial charge in [-0.1, -0.05) is 13.8 Å². The monoisotopic (exact) mass is 563 g/mol. The molecule has 8 nitrogen and oxygen atoms in total. The molecule has 3 rings (SSSR count). The molecule has 2 heterocycles. The summed E-state index contributed by atoms with van der Waals surface area (Å²) in [5.74, 6) is -1.27. The van der Waals surface area contributed by atoms with E-state index in [0.717, 1.165) is 4.90 Å². The molecule has 2 atom stereocenters. The van der Waals surface area contributed by atoms with E-state index < -0.39 is 59.2 Å². The molecule has 0 aliphatic carbocycles. The molecule has 1 aliphatic rings. The van der Waals surface area contributed by atoms with Crippen LogP contribution in [0, 0.1) is 0 Å². The summed E-state index contributed by atoms with van der Waals surface area (Å²) >= 11 is 0. The molecule has 14 heteroatoms. The van der Waals surface area contributed by atoms with Crippen molar-refractivity contribution in [3.8, 4) is 0 Å². The van der Waals surface area contributed by atoms with E-state index in [-0.39, 0.29) is 31.0 Å². The SMILES string of the molecule is CCC1CC(N(C(=O)c2cc(C(F)(F)F)cc(C(F)(F)F)c2)c2ncn(C)n2)CC(CC)N1C(=O)OC(C)C. The smallest absolute Gasteiger partial charge is 0.416 e. The highest BCUT2D eigenvalue weighted by molar-refractivity contribution is 6.05. The average Bonchev–Trinajstić information content (AvgIpc) is 3.26. The number of halogens is 6. The summed E-state index contributed by atoms with van der Waals surface area (Å²) in [6.07, 6.45) is -8.54. The fourth-order valence-corrected chi connectivity index (χ4v) is 4.82. The number of aryl methyl sites for hydroxylation is 1. The van der Waals surface area contributed by atoms with Crippen molar-refractivity contribution in [2.45, 2.75) is 90.0 Å². The van der Waals surface area contributed by atoms with E-state index in [1.165, 1.54) is 18.1 Å². The highest BCUT2D eigenvalue weighted by Gasteiger charge is 2.44. The molecule has 216 valence electrons. The van der Waals surface area contributed by atoms with Gasteiger partial charge in [0, 0.05) is 30.7 Å². The maximum Gasteiger partial charge on any atom is 0.416 e. The summed E-state index contributed by atoms with van der Waals surface area (Å²) in [4.78, 5) is 33.4. The second-order valence-electron chi connectivity index (χ2n) is 9.78. The molecule has 2 aromatic rings. The molecule has 0 saturated carbocycles. The Labute approximate surface area is 221 Å². The fraction of sp³-hybridized carbons (Fsp3) is 0.600. The molecule has 1 fully saturated rings. The second kappa shape index (κ2) is 11.4. The number of anilines is 1. The van der Waals surface area contributed by atoms with Crippen LogP contribution in [0.4, 0.5) is 37.1 Å². The highest BCUT2D eigenvalue weighted by Crippen LogP contribution is 2.38. The number of benzene rings is 1. The van der Waals surface area contributed by atoms with Gasteiger partial charge in [0.25, 0.3) is 11.9 Å². The third kappa shape index (κ3) is 6.82. The van der Waals surface area contributed by atoms with Crippen LogP contribution in [0.5, 0.6) is 0 Å². The molecule has 1 aromatic carbocycles. The van der Waals surface area contributed by atoms with Crippen molar-refractivity contribution in [1.82, 2.24) is 19.7 Å². The number of alkyl halides is 6. The van der Waals surface area contributed by atoms with Gasteiger partial charge in [-0.2, -0.15) is 26.3 Å². The Balaban J connectivity index is 2.10.